The molecule has 7 heteroatoms. The Morgan fingerprint density at radius 1 is 1.13 bits per heavy atom. The molecule has 1 heterocycles. The summed E-state index contributed by atoms with van der Waals surface area (Å²) in [5.41, 5.74) is 1.21. The molecule has 1 amide bonds. The van der Waals surface area contributed by atoms with Crippen LogP contribution in [0.25, 0.3) is 0 Å². The van der Waals surface area contributed by atoms with E-state index in [0.29, 0.717) is 24.4 Å². The smallest absolute Gasteiger partial charge is 0.387 e. The van der Waals surface area contributed by atoms with Gasteiger partial charge in [-0.25, -0.2) is 4.39 Å². The molecule has 0 bridgehead atoms. The summed E-state index contributed by atoms with van der Waals surface area (Å²) in [4.78, 5) is 14.4. The normalized spacial score (nSPS) is 17.1. The van der Waals surface area contributed by atoms with Crippen LogP contribution in [0.15, 0.2) is 48.5 Å². The molecule has 1 saturated heterocycles. The first-order valence-corrected chi connectivity index (χ1v) is 10.3. The molecule has 162 valence electrons. The molecule has 3 rings (SSSR count). The lowest BCUT2D eigenvalue weighted by Crippen LogP contribution is -2.35. The second-order valence-electron chi connectivity index (χ2n) is 7.64. The summed E-state index contributed by atoms with van der Waals surface area (Å²) in [6.07, 6.45) is 3.17. The molecule has 2 aromatic carbocycles. The number of benzene rings is 2. The van der Waals surface area contributed by atoms with Gasteiger partial charge in [0.05, 0.1) is 0 Å². The molecule has 2 aromatic rings. The number of likely N-dealkylation sites (tertiary alicyclic amines) is 1. The Kier molecular flexibility index (Phi) is 8.13. The summed E-state index contributed by atoms with van der Waals surface area (Å²) in [5, 5.41) is 2.78. The highest BCUT2D eigenvalue weighted by Crippen LogP contribution is 2.26. The number of ether oxygens (including phenoxy) is 1. The fraction of sp³-hybridized carbons (Fsp3) is 0.435. The van der Waals surface area contributed by atoms with E-state index in [2.05, 4.69) is 15.0 Å². The first-order valence-electron chi connectivity index (χ1n) is 10.3. The second-order valence-corrected chi connectivity index (χ2v) is 7.64. The number of carbonyl (C=O) groups is 1. The standard InChI is InChI=1S/C23H27F3N2O2/c24-20-9-3-1-7-18(20)14-27-22(29)12-11-17-6-5-13-28(15-17)16-19-8-2-4-10-21(19)30-23(25)26/h1-4,7-10,17,23H,5-6,11-16H2,(H,27,29)/t17-/m0/s1. The van der Waals surface area contributed by atoms with Crippen LogP contribution in [0.2, 0.25) is 0 Å². The van der Waals surface area contributed by atoms with Crippen LogP contribution in [0.3, 0.4) is 0 Å². The molecule has 1 N–H and O–H groups in total. The van der Waals surface area contributed by atoms with Crippen LogP contribution < -0.4 is 10.1 Å². The topological polar surface area (TPSA) is 41.6 Å². The SMILES string of the molecule is O=C(CC[C@@H]1CCCN(Cc2ccccc2OC(F)F)C1)NCc1ccccc1F. The fourth-order valence-corrected chi connectivity index (χ4v) is 3.88. The van der Waals surface area contributed by atoms with Crippen LogP contribution >= 0.6 is 0 Å². The van der Waals surface area contributed by atoms with Crippen molar-refractivity contribution < 1.29 is 22.7 Å². The van der Waals surface area contributed by atoms with Gasteiger partial charge in [0.15, 0.2) is 0 Å². The third-order valence-corrected chi connectivity index (χ3v) is 5.40. The third-order valence-electron chi connectivity index (χ3n) is 5.40. The summed E-state index contributed by atoms with van der Waals surface area (Å²) < 4.78 is 43.5. The molecule has 0 aromatic heterocycles. The number of hydrogen-bond acceptors (Lipinski definition) is 3. The van der Waals surface area contributed by atoms with Gasteiger partial charge < -0.3 is 10.1 Å². The van der Waals surface area contributed by atoms with E-state index in [9.17, 15) is 18.0 Å². The van der Waals surface area contributed by atoms with Gasteiger partial charge in [-0.15, -0.1) is 0 Å². The van der Waals surface area contributed by atoms with Crippen LogP contribution in [0.1, 0.15) is 36.8 Å². The van der Waals surface area contributed by atoms with Gasteiger partial charge >= 0.3 is 6.61 Å². The molecule has 4 nitrogen and oxygen atoms in total. The third kappa shape index (κ3) is 6.76. The van der Waals surface area contributed by atoms with Crippen LogP contribution in [-0.2, 0) is 17.9 Å². The summed E-state index contributed by atoms with van der Waals surface area (Å²) in [6, 6.07) is 13.3. The van der Waals surface area contributed by atoms with E-state index in [1.807, 2.05) is 6.07 Å². The number of alkyl halides is 2. The average Bonchev–Trinajstić information content (AvgIpc) is 2.73. The van der Waals surface area contributed by atoms with Crippen molar-refractivity contribution in [2.24, 2.45) is 5.92 Å². The zero-order valence-electron chi connectivity index (χ0n) is 16.8. The maximum atomic E-state index is 13.6. The van der Waals surface area contributed by atoms with Crippen LogP contribution in [0.4, 0.5) is 13.2 Å². The van der Waals surface area contributed by atoms with Crippen LogP contribution in [0.5, 0.6) is 5.75 Å². The maximum absolute atomic E-state index is 13.6. The van der Waals surface area contributed by atoms with Crippen molar-refractivity contribution in [1.82, 2.24) is 10.2 Å². The minimum atomic E-state index is -2.84. The number of amides is 1. The fourth-order valence-electron chi connectivity index (χ4n) is 3.88. The first kappa shape index (κ1) is 22.2. The Morgan fingerprint density at radius 2 is 1.87 bits per heavy atom. The first-order chi connectivity index (χ1) is 14.5. The van der Waals surface area contributed by atoms with Gasteiger partial charge in [0, 0.05) is 37.2 Å². The highest BCUT2D eigenvalue weighted by molar-refractivity contribution is 5.75. The number of hydrogen-bond donors (Lipinski definition) is 1. The highest BCUT2D eigenvalue weighted by atomic mass is 19.3. The van der Waals surface area contributed by atoms with Crippen LogP contribution in [0, 0.1) is 11.7 Å². The minimum absolute atomic E-state index is 0.0916. The number of para-hydroxylation sites is 1. The van der Waals surface area contributed by atoms with E-state index in [0.717, 1.165) is 37.9 Å². The molecule has 0 radical (unpaired) electrons. The van der Waals surface area contributed by atoms with E-state index in [1.54, 1.807) is 36.4 Å². The van der Waals surface area contributed by atoms with Gasteiger partial charge in [-0.3, -0.25) is 9.69 Å². The van der Waals surface area contributed by atoms with Gasteiger partial charge in [-0.1, -0.05) is 36.4 Å². The monoisotopic (exact) mass is 420 g/mol. The predicted molar refractivity (Wildman–Crippen MR) is 109 cm³/mol. The Morgan fingerprint density at radius 3 is 2.63 bits per heavy atom. The quantitative estimate of drug-likeness (QED) is 0.637. The van der Waals surface area contributed by atoms with Gasteiger partial charge in [-0.2, -0.15) is 8.78 Å². The van der Waals surface area contributed by atoms with Gasteiger partial charge in [-0.05, 0) is 43.9 Å². The molecule has 1 aliphatic rings. The van der Waals surface area contributed by atoms with Crippen molar-refractivity contribution in [2.75, 3.05) is 13.1 Å². The molecule has 1 fully saturated rings. The van der Waals surface area contributed by atoms with E-state index in [4.69, 9.17) is 0 Å². The summed E-state index contributed by atoms with van der Waals surface area (Å²) in [5.74, 6) is 0.158. The molecule has 0 saturated carbocycles. The molecule has 0 aliphatic carbocycles. The lowest BCUT2D eigenvalue weighted by molar-refractivity contribution is -0.121. The summed E-state index contributed by atoms with van der Waals surface area (Å²) >= 11 is 0. The Hall–Kier alpha value is -2.54. The number of nitrogens with one attached hydrogen (secondary N) is 1. The molecule has 1 aliphatic heterocycles. The lowest BCUT2D eigenvalue weighted by Gasteiger charge is -2.33. The maximum Gasteiger partial charge on any atom is 0.387 e. The van der Waals surface area contributed by atoms with E-state index >= 15 is 0 Å². The molecular weight excluding hydrogens is 393 g/mol. The minimum Gasteiger partial charge on any atom is -0.434 e. The van der Waals surface area contributed by atoms with Crippen molar-refractivity contribution in [2.45, 2.75) is 45.4 Å². The number of piperidine rings is 1. The molecular formula is C23H27F3N2O2. The highest BCUT2D eigenvalue weighted by Gasteiger charge is 2.22. The zero-order chi connectivity index (χ0) is 21.3. The Labute approximate surface area is 175 Å². The van der Waals surface area contributed by atoms with E-state index in [1.165, 1.54) is 6.07 Å². The Balaban J connectivity index is 1.45. The van der Waals surface area contributed by atoms with Gasteiger partial charge in [0.2, 0.25) is 5.91 Å². The summed E-state index contributed by atoms with van der Waals surface area (Å²) in [7, 11) is 0. The molecule has 1 atom stereocenters. The van der Waals surface area contributed by atoms with Crippen LogP contribution in [-0.4, -0.2) is 30.5 Å². The van der Waals surface area contributed by atoms with Crippen molar-refractivity contribution >= 4 is 5.91 Å². The largest absolute Gasteiger partial charge is 0.434 e. The van der Waals surface area contributed by atoms with Crippen molar-refractivity contribution in [1.29, 1.82) is 0 Å². The zero-order valence-corrected chi connectivity index (χ0v) is 16.8. The van der Waals surface area contributed by atoms with Gasteiger partial charge in [0.25, 0.3) is 0 Å². The average molecular weight is 420 g/mol. The van der Waals surface area contributed by atoms with Crippen molar-refractivity contribution in [3.8, 4) is 5.75 Å². The number of rotatable bonds is 9. The number of nitrogens with zero attached hydrogens (tertiary/aromatic N) is 1. The number of halogens is 3. The number of carbonyl (C=O) groups excluding carboxylic acids is 1. The Bertz CT molecular complexity index is 832. The lowest BCUT2D eigenvalue weighted by atomic mass is 9.93. The van der Waals surface area contributed by atoms with E-state index in [-0.39, 0.29) is 24.0 Å². The second kappa shape index (κ2) is 11.0. The van der Waals surface area contributed by atoms with Gasteiger partial charge in [0.1, 0.15) is 11.6 Å². The predicted octanol–water partition coefficient (Wildman–Crippen LogP) is 4.74. The molecule has 30 heavy (non-hydrogen) atoms. The van der Waals surface area contributed by atoms with Crippen molar-refractivity contribution in [3.63, 3.8) is 0 Å². The van der Waals surface area contributed by atoms with Crippen molar-refractivity contribution in [3.05, 3.63) is 65.5 Å². The molecule has 0 unspecified atom stereocenters. The van der Waals surface area contributed by atoms with E-state index < -0.39 is 6.61 Å². The molecule has 0 spiro atoms. The summed E-state index contributed by atoms with van der Waals surface area (Å²) in [6.45, 7) is -0.423.